The van der Waals surface area contributed by atoms with Crippen molar-refractivity contribution in [1.82, 2.24) is 4.90 Å². The van der Waals surface area contributed by atoms with Crippen LogP contribution in [0.5, 0.6) is 0 Å². The zero-order valence-corrected chi connectivity index (χ0v) is 11.8. The first-order chi connectivity index (χ1) is 10.2. The van der Waals surface area contributed by atoms with Crippen molar-refractivity contribution in [3.8, 4) is 0 Å². The van der Waals surface area contributed by atoms with Gasteiger partial charge in [-0.2, -0.15) is 0 Å². The first-order valence-corrected chi connectivity index (χ1v) is 7.43. The van der Waals surface area contributed by atoms with Crippen molar-refractivity contribution in [2.75, 3.05) is 0 Å². The number of likely N-dealkylation sites (tertiary alicyclic amines) is 1. The molecule has 0 unspecified atom stereocenters. The highest BCUT2D eigenvalue weighted by molar-refractivity contribution is 5.94. The topological polar surface area (TPSA) is 70.8 Å². The summed E-state index contributed by atoms with van der Waals surface area (Å²) in [4.78, 5) is 25.5. The van der Waals surface area contributed by atoms with Gasteiger partial charge in [-0.15, -0.1) is 0 Å². The van der Waals surface area contributed by atoms with E-state index in [9.17, 15) is 14.7 Å². The fourth-order valence-electron chi connectivity index (χ4n) is 3.62. The van der Waals surface area contributed by atoms with E-state index < -0.39 is 12.0 Å². The van der Waals surface area contributed by atoms with Gasteiger partial charge in [-0.05, 0) is 43.4 Å². The number of hydrogen-bond donors (Lipinski definition) is 1. The largest absolute Gasteiger partial charge is 0.480 e. The second-order valence-electron chi connectivity index (χ2n) is 5.80. The Morgan fingerprint density at radius 3 is 2.86 bits per heavy atom. The Morgan fingerprint density at radius 1 is 1.33 bits per heavy atom. The molecule has 1 N–H and O–H groups in total. The lowest BCUT2D eigenvalue weighted by Crippen LogP contribution is -2.45. The lowest BCUT2D eigenvalue weighted by molar-refractivity contribution is -0.147. The zero-order chi connectivity index (χ0) is 14.8. The average Bonchev–Trinajstić information content (AvgIpc) is 3.11. The number of fused-ring (bicyclic) bond motifs is 1. The molecular weight excluding hydrogens is 270 g/mol. The number of hydrogen-bond acceptors (Lipinski definition) is 3. The first-order valence-electron chi connectivity index (χ1n) is 7.43. The van der Waals surface area contributed by atoms with E-state index in [0.29, 0.717) is 18.1 Å². The summed E-state index contributed by atoms with van der Waals surface area (Å²) in [5, 5.41) is 9.40. The molecule has 0 radical (unpaired) electrons. The van der Waals surface area contributed by atoms with Crippen molar-refractivity contribution < 1.29 is 19.1 Å². The summed E-state index contributed by atoms with van der Waals surface area (Å²) in [6.07, 6.45) is 9.28. The van der Waals surface area contributed by atoms with Gasteiger partial charge in [0.1, 0.15) is 11.8 Å². The summed E-state index contributed by atoms with van der Waals surface area (Å²) in [5.74, 6) is -0.201. The molecule has 1 aromatic rings. The smallest absolute Gasteiger partial charge is 0.326 e. The van der Waals surface area contributed by atoms with Gasteiger partial charge >= 0.3 is 5.97 Å². The molecule has 2 heterocycles. The predicted octanol–water partition coefficient (Wildman–Crippen LogP) is 2.54. The molecule has 5 heteroatoms. The van der Waals surface area contributed by atoms with E-state index in [0.717, 1.165) is 25.7 Å². The fraction of sp³-hybridized carbons (Fsp3) is 0.500. The maximum Gasteiger partial charge on any atom is 0.326 e. The quantitative estimate of drug-likeness (QED) is 0.868. The van der Waals surface area contributed by atoms with Gasteiger partial charge in [0, 0.05) is 12.1 Å². The molecule has 2 fully saturated rings. The normalized spacial score (nSPS) is 28.8. The zero-order valence-electron chi connectivity index (χ0n) is 11.8. The highest BCUT2D eigenvalue weighted by Gasteiger charge is 2.46. The molecule has 5 nitrogen and oxygen atoms in total. The van der Waals surface area contributed by atoms with Gasteiger partial charge in [0.2, 0.25) is 5.91 Å². The van der Waals surface area contributed by atoms with Gasteiger partial charge in [0.05, 0.1) is 6.26 Å². The third kappa shape index (κ3) is 2.73. The maximum absolute atomic E-state index is 12.4. The van der Waals surface area contributed by atoms with Crippen molar-refractivity contribution >= 4 is 18.0 Å². The minimum absolute atomic E-state index is 0.0774. The summed E-state index contributed by atoms with van der Waals surface area (Å²) >= 11 is 0. The molecule has 1 aromatic heterocycles. The highest BCUT2D eigenvalue weighted by atomic mass is 16.4. The number of nitrogens with zero attached hydrogens (tertiary/aromatic N) is 1. The molecule has 1 amide bonds. The van der Waals surface area contributed by atoms with Crippen molar-refractivity contribution in [3.05, 3.63) is 30.2 Å². The van der Waals surface area contributed by atoms with E-state index in [-0.39, 0.29) is 11.9 Å². The Labute approximate surface area is 123 Å². The summed E-state index contributed by atoms with van der Waals surface area (Å²) < 4.78 is 5.15. The molecule has 0 spiro atoms. The molecule has 2 aliphatic rings. The Hall–Kier alpha value is -2.04. The first kappa shape index (κ1) is 13.9. The molecule has 3 atom stereocenters. The van der Waals surface area contributed by atoms with Crippen LogP contribution in [0, 0.1) is 5.92 Å². The highest BCUT2D eigenvalue weighted by Crippen LogP contribution is 2.39. The molecule has 1 saturated heterocycles. The van der Waals surface area contributed by atoms with Gasteiger partial charge in [-0.25, -0.2) is 4.79 Å². The molecule has 1 saturated carbocycles. The number of carboxylic acids is 1. The van der Waals surface area contributed by atoms with Crippen LogP contribution in [-0.4, -0.2) is 34.0 Å². The molecule has 1 aliphatic heterocycles. The maximum atomic E-state index is 12.4. The average molecular weight is 289 g/mol. The fourth-order valence-corrected chi connectivity index (χ4v) is 3.62. The van der Waals surface area contributed by atoms with Gasteiger partial charge in [0.15, 0.2) is 0 Å². The Balaban J connectivity index is 1.79. The summed E-state index contributed by atoms with van der Waals surface area (Å²) in [5.41, 5.74) is 0. The number of amides is 1. The lowest BCUT2D eigenvalue weighted by atomic mass is 9.85. The van der Waals surface area contributed by atoms with Crippen LogP contribution in [0.3, 0.4) is 0 Å². The second kappa shape index (κ2) is 5.76. The van der Waals surface area contributed by atoms with Crippen LogP contribution in [0.4, 0.5) is 0 Å². The number of carbonyl (C=O) groups is 2. The van der Waals surface area contributed by atoms with E-state index >= 15 is 0 Å². The summed E-state index contributed by atoms with van der Waals surface area (Å²) in [6, 6.07) is 2.89. The second-order valence-corrected chi connectivity index (χ2v) is 5.80. The van der Waals surface area contributed by atoms with Crippen LogP contribution in [0.25, 0.3) is 6.08 Å². The van der Waals surface area contributed by atoms with E-state index in [2.05, 4.69) is 0 Å². The van der Waals surface area contributed by atoms with Crippen LogP contribution in [-0.2, 0) is 9.59 Å². The van der Waals surface area contributed by atoms with Gasteiger partial charge < -0.3 is 14.4 Å². The van der Waals surface area contributed by atoms with Crippen molar-refractivity contribution in [2.24, 2.45) is 5.92 Å². The summed E-state index contributed by atoms with van der Waals surface area (Å²) in [7, 11) is 0. The molecule has 112 valence electrons. The molecule has 3 rings (SSSR count). The number of carboxylic acid groups (broad SMARTS) is 1. The molecule has 21 heavy (non-hydrogen) atoms. The van der Waals surface area contributed by atoms with Crippen LogP contribution in [0.15, 0.2) is 28.9 Å². The number of rotatable bonds is 3. The molecule has 0 aromatic carbocycles. The Bertz CT molecular complexity index is 549. The van der Waals surface area contributed by atoms with E-state index in [1.54, 1.807) is 23.1 Å². The van der Waals surface area contributed by atoms with Gasteiger partial charge in [-0.3, -0.25) is 4.79 Å². The van der Waals surface area contributed by atoms with Crippen LogP contribution >= 0.6 is 0 Å². The lowest BCUT2D eigenvalue weighted by Gasteiger charge is -2.32. The molecule has 1 aliphatic carbocycles. The Morgan fingerprint density at radius 2 is 2.14 bits per heavy atom. The third-order valence-corrected chi connectivity index (χ3v) is 4.56. The minimum Gasteiger partial charge on any atom is -0.480 e. The van der Waals surface area contributed by atoms with Gasteiger partial charge in [0.25, 0.3) is 0 Å². The third-order valence-electron chi connectivity index (χ3n) is 4.56. The Kier molecular flexibility index (Phi) is 3.82. The van der Waals surface area contributed by atoms with Crippen LogP contribution in [0.1, 0.15) is 37.9 Å². The predicted molar refractivity (Wildman–Crippen MR) is 76.4 cm³/mol. The number of furan rings is 1. The van der Waals surface area contributed by atoms with E-state index in [1.807, 2.05) is 0 Å². The van der Waals surface area contributed by atoms with Crippen molar-refractivity contribution in [2.45, 2.75) is 44.2 Å². The van der Waals surface area contributed by atoms with Crippen LogP contribution < -0.4 is 0 Å². The molecule has 0 bridgehead atoms. The van der Waals surface area contributed by atoms with Gasteiger partial charge in [-0.1, -0.05) is 12.8 Å². The minimum atomic E-state index is -0.899. The monoisotopic (exact) mass is 289 g/mol. The summed E-state index contributed by atoms with van der Waals surface area (Å²) in [6.45, 7) is 0. The van der Waals surface area contributed by atoms with E-state index in [4.69, 9.17) is 4.42 Å². The van der Waals surface area contributed by atoms with Crippen LogP contribution in [0.2, 0.25) is 0 Å². The number of aliphatic carboxylic acids is 1. The van der Waals surface area contributed by atoms with Crippen molar-refractivity contribution in [1.29, 1.82) is 0 Å². The molecular formula is C16H19NO4. The van der Waals surface area contributed by atoms with E-state index in [1.165, 1.54) is 12.3 Å². The number of carbonyl (C=O) groups excluding carboxylic acids is 1. The standard InChI is InChI=1S/C16H19NO4/c18-15(8-7-12-5-3-9-21-12)17-13-6-2-1-4-11(13)10-14(17)16(19)20/h3,5,7-9,11,13-14H,1-2,4,6,10H2,(H,19,20)/b8-7+/t11-,13+,14-/m0/s1. The van der Waals surface area contributed by atoms with Crippen molar-refractivity contribution in [3.63, 3.8) is 0 Å². The SMILES string of the molecule is O=C(O)[C@@H]1C[C@@H]2CCCC[C@H]2N1C(=O)/C=C/c1ccco1.